The van der Waals surface area contributed by atoms with Crippen LogP contribution in [0.3, 0.4) is 0 Å². The number of carbonyl (C=O) groups excluding carboxylic acids is 1. The molecule has 9 nitrogen and oxygen atoms in total. The molecule has 0 fully saturated rings. The summed E-state index contributed by atoms with van der Waals surface area (Å²) in [6.45, 7) is 2.14. The summed E-state index contributed by atoms with van der Waals surface area (Å²) in [5.41, 5.74) is 0.565. The SMILES string of the molecule is COCc1nnc(NC(=O)c2nn(-c3cccc(C)c3)c(=O)cc2O)s1. The Morgan fingerprint density at radius 2 is 2.15 bits per heavy atom. The van der Waals surface area contributed by atoms with E-state index in [0.29, 0.717) is 10.7 Å². The Balaban J connectivity index is 1.92. The van der Waals surface area contributed by atoms with Gasteiger partial charge in [-0.05, 0) is 24.6 Å². The molecule has 0 unspecified atom stereocenters. The van der Waals surface area contributed by atoms with Gasteiger partial charge in [-0.2, -0.15) is 9.78 Å². The number of hydrogen-bond acceptors (Lipinski definition) is 8. The van der Waals surface area contributed by atoms with Gasteiger partial charge in [0.2, 0.25) is 5.13 Å². The van der Waals surface area contributed by atoms with Crippen molar-refractivity contribution in [2.75, 3.05) is 12.4 Å². The second kappa shape index (κ2) is 7.42. The predicted molar refractivity (Wildman–Crippen MR) is 94.8 cm³/mol. The number of benzene rings is 1. The third-order valence-electron chi connectivity index (χ3n) is 3.33. The van der Waals surface area contributed by atoms with Crippen LogP contribution in [-0.4, -0.2) is 38.1 Å². The number of carbonyl (C=O) groups is 1. The first-order valence-electron chi connectivity index (χ1n) is 7.51. The molecule has 0 saturated heterocycles. The van der Waals surface area contributed by atoms with Gasteiger partial charge in [0.15, 0.2) is 11.4 Å². The fourth-order valence-corrected chi connectivity index (χ4v) is 2.90. The van der Waals surface area contributed by atoms with Crippen LogP contribution < -0.4 is 10.9 Å². The minimum atomic E-state index is -0.705. The van der Waals surface area contributed by atoms with Crippen molar-refractivity contribution in [3.8, 4) is 11.4 Å². The number of methoxy groups -OCH3 is 1. The van der Waals surface area contributed by atoms with Crippen LogP contribution in [0.1, 0.15) is 21.1 Å². The van der Waals surface area contributed by atoms with Crippen LogP contribution in [0.25, 0.3) is 5.69 Å². The molecule has 0 aliphatic heterocycles. The van der Waals surface area contributed by atoms with Crippen molar-refractivity contribution in [3.05, 3.63) is 57.0 Å². The number of rotatable bonds is 5. The third-order valence-corrected chi connectivity index (χ3v) is 4.14. The average molecular weight is 373 g/mol. The molecular formula is C16H15N5O4S. The summed E-state index contributed by atoms with van der Waals surface area (Å²) in [7, 11) is 1.52. The highest BCUT2D eigenvalue weighted by Gasteiger charge is 2.18. The predicted octanol–water partition coefficient (Wildman–Crippen LogP) is 1.50. The van der Waals surface area contributed by atoms with E-state index in [1.165, 1.54) is 7.11 Å². The number of aryl methyl sites for hydroxylation is 1. The second-order valence-corrected chi connectivity index (χ2v) is 6.42. The Labute approximate surface area is 151 Å². The Morgan fingerprint density at radius 1 is 1.35 bits per heavy atom. The van der Waals surface area contributed by atoms with Crippen LogP contribution in [0, 0.1) is 6.92 Å². The van der Waals surface area contributed by atoms with Crippen molar-refractivity contribution in [2.24, 2.45) is 0 Å². The number of hydrogen-bond donors (Lipinski definition) is 2. The van der Waals surface area contributed by atoms with Crippen molar-refractivity contribution >= 4 is 22.4 Å². The van der Waals surface area contributed by atoms with Crippen LogP contribution in [0.2, 0.25) is 0 Å². The fourth-order valence-electron chi connectivity index (χ4n) is 2.20. The zero-order valence-electron chi connectivity index (χ0n) is 14.0. The van der Waals surface area contributed by atoms with Gasteiger partial charge >= 0.3 is 0 Å². The first-order chi connectivity index (χ1) is 12.5. The van der Waals surface area contributed by atoms with Gasteiger partial charge in [-0.1, -0.05) is 23.5 Å². The quantitative estimate of drug-likeness (QED) is 0.695. The van der Waals surface area contributed by atoms with Crippen molar-refractivity contribution in [2.45, 2.75) is 13.5 Å². The Bertz CT molecular complexity index is 1010. The molecule has 2 heterocycles. The van der Waals surface area contributed by atoms with Gasteiger partial charge in [0.1, 0.15) is 11.6 Å². The highest BCUT2D eigenvalue weighted by molar-refractivity contribution is 7.15. The van der Waals surface area contributed by atoms with E-state index in [2.05, 4.69) is 20.6 Å². The zero-order chi connectivity index (χ0) is 18.7. The number of aromatic hydroxyl groups is 1. The summed E-state index contributed by atoms with van der Waals surface area (Å²) in [5.74, 6) is -1.22. The number of nitrogens with zero attached hydrogens (tertiary/aromatic N) is 4. The van der Waals surface area contributed by atoms with Crippen LogP contribution in [0.5, 0.6) is 5.75 Å². The first kappa shape index (κ1) is 17.7. The summed E-state index contributed by atoms with van der Waals surface area (Å²) in [4.78, 5) is 24.6. The van der Waals surface area contributed by atoms with Crippen LogP contribution in [0.15, 0.2) is 35.1 Å². The topological polar surface area (TPSA) is 119 Å². The monoisotopic (exact) mass is 373 g/mol. The molecule has 26 heavy (non-hydrogen) atoms. The van der Waals surface area contributed by atoms with Gasteiger partial charge in [0.05, 0.1) is 5.69 Å². The molecule has 3 rings (SSSR count). The summed E-state index contributed by atoms with van der Waals surface area (Å²) < 4.78 is 6.00. The molecular weight excluding hydrogens is 358 g/mol. The maximum atomic E-state index is 12.4. The maximum absolute atomic E-state index is 12.4. The number of nitrogens with one attached hydrogen (secondary N) is 1. The van der Waals surface area contributed by atoms with Crippen LogP contribution >= 0.6 is 11.3 Å². The van der Waals surface area contributed by atoms with Gasteiger partial charge in [-0.15, -0.1) is 10.2 Å². The number of amides is 1. The number of anilines is 1. The van der Waals surface area contributed by atoms with Crippen LogP contribution in [0.4, 0.5) is 5.13 Å². The Kier molecular flexibility index (Phi) is 5.05. The second-order valence-electron chi connectivity index (χ2n) is 5.36. The lowest BCUT2D eigenvalue weighted by atomic mass is 10.2. The maximum Gasteiger partial charge on any atom is 0.281 e. The summed E-state index contributed by atoms with van der Waals surface area (Å²) in [6.07, 6.45) is 0. The highest BCUT2D eigenvalue weighted by atomic mass is 32.1. The Hall–Kier alpha value is -3.11. The van der Waals surface area contributed by atoms with E-state index in [-0.39, 0.29) is 17.4 Å². The molecule has 0 aliphatic rings. The standard InChI is InChI=1S/C16H15N5O4S/c1-9-4-3-5-10(6-9)21-13(23)7-11(22)14(20-21)15(24)17-16-19-18-12(26-16)8-25-2/h3-7,22H,8H2,1-2H3,(H,17,19,24). The fraction of sp³-hybridized carbons (Fsp3) is 0.188. The van der Waals surface area contributed by atoms with E-state index in [1.807, 2.05) is 13.0 Å². The Morgan fingerprint density at radius 3 is 2.88 bits per heavy atom. The summed E-state index contributed by atoms with van der Waals surface area (Å²) in [5, 5.41) is 25.0. The lowest BCUT2D eigenvalue weighted by Crippen LogP contribution is -2.25. The molecule has 2 aromatic heterocycles. The summed E-state index contributed by atoms with van der Waals surface area (Å²) >= 11 is 1.13. The average Bonchev–Trinajstić information content (AvgIpc) is 3.02. The smallest absolute Gasteiger partial charge is 0.281 e. The normalized spacial score (nSPS) is 10.7. The van der Waals surface area contributed by atoms with Gasteiger partial charge < -0.3 is 9.84 Å². The van der Waals surface area contributed by atoms with Crippen molar-refractivity contribution in [1.82, 2.24) is 20.0 Å². The lowest BCUT2D eigenvalue weighted by Gasteiger charge is -2.08. The largest absolute Gasteiger partial charge is 0.505 e. The zero-order valence-corrected chi connectivity index (χ0v) is 14.8. The molecule has 2 N–H and O–H groups in total. The molecule has 1 amide bonds. The first-order valence-corrected chi connectivity index (χ1v) is 8.32. The molecule has 0 radical (unpaired) electrons. The van der Waals surface area contributed by atoms with Crippen molar-refractivity contribution in [1.29, 1.82) is 0 Å². The highest BCUT2D eigenvalue weighted by Crippen LogP contribution is 2.19. The molecule has 1 aromatic carbocycles. The van der Waals surface area contributed by atoms with E-state index in [0.717, 1.165) is 27.6 Å². The molecule has 134 valence electrons. The molecule has 0 saturated carbocycles. The van der Waals surface area contributed by atoms with Gasteiger partial charge in [0, 0.05) is 13.2 Å². The molecule has 0 aliphatic carbocycles. The molecule has 0 bridgehead atoms. The van der Waals surface area contributed by atoms with Crippen molar-refractivity contribution < 1.29 is 14.6 Å². The molecule has 0 spiro atoms. The van der Waals surface area contributed by atoms with Gasteiger partial charge in [-0.25, -0.2) is 0 Å². The van der Waals surface area contributed by atoms with Crippen molar-refractivity contribution in [3.63, 3.8) is 0 Å². The molecule has 0 atom stereocenters. The summed E-state index contributed by atoms with van der Waals surface area (Å²) in [6, 6.07) is 8.01. The molecule has 3 aromatic rings. The number of aromatic nitrogens is 4. The van der Waals surface area contributed by atoms with E-state index in [4.69, 9.17) is 4.74 Å². The minimum absolute atomic E-state index is 0.233. The van der Waals surface area contributed by atoms with E-state index < -0.39 is 17.2 Å². The van der Waals surface area contributed by atoms with Gasteiger partial charge in [0.25, 0.3) is 11.5 Å². The minimum Gasteiger partial charge on any atom is -0.505 e. The van der Waals surface area contributed by atoms with E-state index in [1.54, 1.807) is 18.2 Å². The number of ether oxygens (including phenoxy) is 1. The lowest BCUT2D eigenvalue weighted by molar-refractivity contribution is 0.101. The van der Waals surface area contributed by atoms with Gasteiger partial charge in [-0.3, -0.25) is 14.9 Å². The third kappa shape index (κ3) is 3.76. The van der Waals surface area contributed by atoms with Crippen LogP contribution in [-0.2, 0) is 11.3 Å². The molecule has 10 heteroatoms. The van der Waals surface area contributed by atoms with E-state index in [9.17, 15) is 14.7 Å². The van der Waals surface area contributed by atoms with E-state index >= 15 is 0 Å².